The second-order valence-corrected chi connectivity index (χ2v) is 80.2. The molecule has 0 aliphatic heterocycles. The summed E-state index contributed by atoms with van der Waals surface area (Å²) in [6.07, 6.45) is 0. The van der Waals surface area contributed by atoms with Crippen LogP contribution in [0.4, 0.5) is 0 Å². The highest BCUT2D eigenvalue weighted by molar-refractivity contribution is 9.43. The van der Waals surface area contributed by atoms with E-state index in [4.69, 9.17) is 0 Å². The first-order chi connectivity index (χ1) is 25.1. The molecule has 0 rings (SSSR count). The molecule has 0 radical (unpaired) electrons. The minimum Gasteiger partial charge on any atom is -0.394 e. The molecule has 0 aromatic heterocycles. The Bertz CT molecular complexity index is 1550. The van der Waals surface area contributed by atoms with Crippen LogP contribution in [0.1, 0.15) is 0 Å². The van der Waals surface area contributed by atoms with Crippen LogP contribution in [0.3, 0.4) is 0 Å². The highest BCUT2D eigenvalue weighted by Crippen LogP contribution is 2.84. The summed E-state index contributed by atoms with van der Waals surface area (Å²) in [7, 11) is 0. The number of alkyl halides is 39. The van der Waals surface area contributed by atoms with Crippen molar-refractivity contribution in [3.63, 3.8) is 0 Å². The number of aliphatic hydroxyl groups excluding tert-OH is 1. The molecule has 0 unspecified atom stereocenters. The topological polar surface area (TPSA) is 20.2 Å². The van der Waals surface area contributed by atoms with E-state index in [1.165, 1.54) is 0 Å². The van der Waals surface area contributed by atoms with Gasteiger partial charge in [0.15, 0.2) is 2.14 Å². The predicted molar refractivity (Wildman–Crippen MR) is 407 cm³/mol. The monoisotopic (exact) mass is 3340 g/mol. The summed E-state index contributed by atoms with van der Waals surface area (Å²) < 4.78 is -24.2. The van der Waals surface area contributed by atoms with Gasteiger partial charge < -0.3 is 5.11 Å². The van der Waals surface area contributed by atoms with E-state index < -0.39 is 60.3 Å². The van der Waals surface area contributed by atoms with Crippen molar-refractivity contribution in [1.82, 2.24) is 0 Å². The highest BCUT2D eigenvalue weighted by atomic mass is 80.0. The smallest absolute Gasteiger partial charge is 0.162 e. The summed E-state index contributed by atoms with van der Waals surface area (Å²) in [6.45, 7) is -0.350. The Morgan fingerprint density at radius 1 is 0.167 bits per heavy atom. The van der Waals surface area contributed by atoms with Gasteiger partial charge in [-0.05, 0) is 0 Å². The molecule has 0 saturated carbocycles. The van der Waals surface area contributed by atoms with Crippen molar-refractivity contribution < 1.29 is 5.11 Å². The molecular weight excluding hydrogens is 3370 g/mol. The number of aliphatic hydroxyl groups is 1. The third kappa shape index (κ3) is 13.0. The molecule has 0 fully saturated rings. The minimum absolute atomic E-state index is 0.350. The lowest BCUT2D eigenvalue weighted by atomic mass is 10.0. The van der Waals surface area contributed by atoms with Gasteiger partial charge in [0.2, 0.25) is 0 Å². The van der Waals surface area contributed by atoms with Gasteiger partial charge in [0.1, 0.15) is 58.2 Å². The Labute approximate surface area is 675 Å². The van der Waals surface area contributed by atoms with E-state index in [2.05, 4.69) is 621 Å². The fourth-order valence-corrected chi connectivity index (χ4v) is 42.9. The Hall–Kier alpha value is 18.7. The van der Waals surface area contributed by atoms with Gasteiger partial charge in [0.25, 0.3) is 0 Å². The number of rotatable bonds is 18. The van der Waals surface area contributed by atoms with Crippen LogP contribution >= 0.6 is 621 Å². The zero-order valence-corrected chi connectivity index (χ0v) is 87.2. The standard InChI is InChI=1S/C20H3Br39O/c21-2(22,1-60)3(23,24)4(25,26)5(27,28)6(29,30)7(31,32)8(33,34)9(35,36)10(37,38)11(39,40)12(41,42)13(43,44)14(45,46)15(47,48)16(49,50)17(51,52)18(53,54)19(55,56)20(57,58)59/h60H,1H2. The summed E-state index contributed by atoms with van der Waals surface area (Å²) >= 11 is 153. The zero-order valence-electron chi connectivity index (χ0n) is 25.4. The van der Waals surface area contributed by atoms with Gasteiger partial charge >= 0.3 is 0 Å². The van der Waals surface area contributed by atoms with Crippen LogP contribution in [0.15, 0.2) is 0 Å². The molecule has 0 spiro atoms. The maximum absolute atomic E-state index is 10.3. The molecule has 0 heterocycles. The molecule has 0 aromatic carbocycles. The number of halogens is 39. The average molecular weight is 3380 g/mol. The number of hydrogen-bond donors (Lipinski definition) is 1. The van der Waals surface area contributed by atoms with Crippen molar-refractivity contribution >= 4 is 621 Å². The Morgan fingerprint density at radius 3 is 0.367 bits per heavy atom. The summed E-state index contributed by atoms with van der Waals surface area (Å²) in [6, 6.07) is 0. The van der Waals surface area contributed by atoms with E-state index >= 15 is 0 Å². The molecule has 0 bridgehead atoms. The Kier molecular flexibility index (Phi) is 33.5. The predicted octanol–water partition coefficient (Wildman–Crippen LogP) is 28.6. The molecule has 0 atom stereocenters. The lowest BCUT2D eigenvalue weighted by Crippen LogP contribution is -2.74. The van der Waals surface area contributed by atoms with E-state index in [1.54, 1.807) is 0 Å². The SMILES string of the molecule is OCC(Br)(Br)C(Br)(Br)C(Br)(Br)C(Br)(Br)C(Br)(Br)C(Br)(Br)C(Br)(Br)C(Br)(Br)C(Br)(Br)C(Br)(Br)C(Br)(Br)C(Br)(Br)C(Br)(Br)C(Br)(Br)C(Br)(Br)C(Br)(Br)C(Br)(Br)C(Br)(Br)C(Br)(Br)Br. The van der Waals surface area contributed by atoms with E-state index in [1.807, 2.05) is 0 Å². The number of hydrogen-bond acceptors (Lipinski definition) is 1. The molecule has 0 saturated heterocycles. The molecule has 1 nitrogen and oxygen atoms in total. The second-order valence-electron chi connectivity index (χ2n) is 11.1. The molecule has 0 amide bonds. The van der Waals surface area contributed by atoms with E-state index in [-0.39, 0.29) is 6.61 Å². The fourth-order valence-electron chi connectivity index (χ4n) is 3.46. The van der Waals surface area contributed by atoms with Crippen LogP contribution in [0, 0.1) is 0 Å². The van der Waals surface area contributed by atoms with Crippen LogP contribution in [0.5, 0.6) is 0 Å². The third-order valence-electron chi connectivity index (χ3n) is 7.32. The van der Waals surface area contributed by atoms with Crippen molar-refractivity contribution in [3.05, 3.63) is 0 Å². The maximum atomic E-state index is 10.3. The lowest BCUT2D eigenvalue weighted by Gasteiger charge is -2.62. The van der Waals surface area contributed by atoms with Gasteiger partial charge in [-0.1, -0.05) is 621 Å². The van der Waals surface area contributed by atoms with Crippen molar-refractivity contribution in [2.75, 3.05) is 6.61 Å². The van der Waals surface area contributed by atoms with E-state index in [0.29, 0.717) is 0 Å². The lowest BCUT2D eigenvalue weighted by molar-refractivity contribution is 0.282. The van der Waals surface area contributed by atoms with Gasteiger partial charge in [-0.15, -0.1) is 0 Å². The Balaban J connectivity index is 7.93. The zero-order chi connectivity index (χ0) is 50.2. The molecular formula is C20H3Br39O. The molecule has 0 aromatic rings. The van der Waals surface area contributed by atoms with E-state index in [9.17, 15) is 5.11 Å². The largest absolute Gasteiger partial charge is 0.394 e. The molecule has 0 aliphatic rings. The van der Waals surface area contributed by atoms with Crippen LogP contribution < -0.4 is 0 Å². The summed E-state index contributed by atoms with van der Waals surface area (Å²) in [5.74, 6) is 0. The summed E-state index contributed by atoms with van der Waals surface area (Å²) in [4.78, 5) is 0. The second kappa shape index (κ2) is 25.6. The van der Waals surface area contributed by atoms with Crippen molar-refractivity contribution in [2.24, 2.45) is 0 Å². The van der Waals surface area contributed by atoms with Crippen molar-refractivity contribution in [3.8, 4) is 0 Å². The normalized spacial score (nSPS) is 17.4. The average Bonchev–Trinajstić information content (AvgIpc) is 3.02. The van der Waals surface area contributed by atoms with E-state index in [0.717, 1.165) is 0 Å². The van der Waals surface area contributed by atoms with Gasteiger partial charge in [-0.3, -0.25) is 0 Å². The van der Waals surface area contributed by atoms with Gasteiger partial charge in [0.05, 0.1) is 6.61 Å². The van der Waals surface area contributed by atoms with Crippen molar-refractivity contribution in [2.45, 2.75) is 60.3 Å². The van der Waals surface area contributed by atoms with Crippen molar-refractivity contribution in [1.29, 1.82) is 0 Å². The van der Waals surface area contributed by atoms with Gasteiger partial charge in [-0.2, -0.15) is 0 Å². The third-order valence-corrected chi connectivity index (χ3v) is 90.8. The van der Waals surface area contributed by atoms with Gasteiger partial charge in [-0.25, -0.2) is 0 Å². The first-order valence-electron chi connectivity index (χ1n) is 12.5. The summed E-state index contributed by atoms with van der Waals surface area (Å²) in [5, 5.41) is 10.3. The molecule has 40 heteroatoms. The molecule has 0 aliphatic carbocycles. The maximum Gasteiger partial charge on any atom is 0.162 e. The molecule has 362 valence electrons. The molecule has 1 N–H and O–H groups in total. The van der Waals surface area contributed by atoms with Crippen LogP contribution in [-0.4, -0.2) is 72.1 Å². The molecule has 60 heavy (non-hydrogen) atoms. The Morgan fingerprint density at radius 2 is 0.267 bits per heavy atom. The van der Waals surface area contributed by atoms with Crippen LogP contribution in [-0.2, 0) is 0 Å². The summed E-state index contributed by atoms with van der Waals surface area (Å²) in [5.41, 5.74) is 0. The van der Waals surface area contributed by atoms with Gasteiger partial charge in [0, 0.05) is 0 Å². The van der Waals surface area contributed by atoms with Crippen LogP contribution in [0.2, 0.25) is 0 Å². The fraction of sp³-hybridized carbons (Fsp3) is 1.00. The first kappa shape index (κ1) is 78.7. The highest BCUT2D eigenvalue weighted by Gasteiger charge is 2.85. The minimum atomic E-state index is -1.40. The van der Waals surface area contributed by atoms with Crippen LogP contribution in [0.25, 0.3) is 0 Å². The first-order valence-corrected chi connectivity index (χ1v) is 43.5. The quantitative estimate of drug-likeness (QED) is 0.136.